The maximum atomic E-state index is 13.4. The van der Waals surface area contributed by atoms with Gasteiger partial charge in [-0.1, -0.05) is 52.9 Å². The Morgan fingerprint density at radius 1 is 0.447 bits per heavy atom. The smallest absolute Gasteiger partial charge is 0.309 e. The summed E-state index contributed by atoms with van der Waals surface area (Å²) in [6.07, 6.45) is 28.6. The largest absolute Gasteiger partial charge is 0.462 e. The molecular weight excluding hydrogens is 580 g/mol. The van der Waals surface area contributed by atoms with Crippen molar-refractivity contribution in [2.24, 2.45) is 76.9 Å². The Labute approximate surface area is 288 Å². The van der Waals surface area contributed by atoms with Crippen LogP contribution in [0, 0.1) is 76.9 Å². The molecule has 7 rings (SSSR count). The lowest BCUT2D eigenvalue weighted by Crippen LogP contribution is -2.36. The van der Waals surface area contributed by atoms with Gasteiger partial charge in [-0.05, 0) is 181 Å². The summed E-state index contributed by atoms with van der Waals surface area (Å²) in [5.74, 6) is 9.49. The van der Waals surface area contributed by atoms with E-state index >= 15 is 0 Å². The van der Waals surface area contributed by atoms with Gasteiger partial charge < -0.3 is 9.47 Å². The van der Waals surface area contributed by atoms with Crippen LogP contribution >= 0.6 is 0 Å². The number of fused-ring (bicyclic) bond motifs is 3. The van der Waals surface area contributed by atoms with E-state index in [0.717, 1.165) is 98.7 Å². The highest BCUT2D eigenvalue weighted by Gasteiger charge is 2.54. The predicted octanol–water partition coefficient (Wildman–Crippen LogP) is 10.9. The summed E-state index contributed by atoms with van der Waals surface area (Å²) in [7, 11) is 0. The molecule has 0 amide bonds. The van der Waals surface area contributed by atoms with E-state index in [1.807, 2.05) is 0 Å². The first-order valence-electron chi connectivity index (χ1n) is 21.3. The summed E-state index contributed by atoms with van der Waals surface area (Å²) in [4.78, 5) is 26.8. The van der Waals surface area contributed by atoms with Gasteiger partial charge in [0.2, 0.25) is 0 Å². The molecule has 4 heteroatoms. The van der Waals surface area contributed by atoms with Crippen molar-refractivity contribution >= 4 is 11.9 Å². The molecule has 47 heavy (non-hydrogen) atoms. The highest BCUT2D eigenvalue weighted by molar-refractivity contribution is 5.73. The lowest BCUT2D eigenvalue weighted by Gasteiger charge is -2.39. The molecule has 6 unspecified atom stereocenters. The third kappa shape index (κ3) is 7.82. The molecular formula is C43H70O4. The standard InChI is InChI=1S/C43H70O4/c1-4-37-40-25-35(46-42(44)33-17-13-31(14-18-33)29-9-5-27(2)6-10-29)21-23-38(40)39-24-22-36(26-41(37)39)47-43(45)34-19-15-32(16-20-34)30-11-7-28(3)8-12-30/h27-41H,4-26H2,1-3H3. The number of carbonyl (C=O) groups excluding carboxylic acids is 2. The van der Waals surface area contributed by atoms with Crippen LogP contribution < -0.4 is 0 Å². The van der Waals surface area contributed by atoms with Crippen molar-refractivity contribution in [3.05, 3.63) is 0 Å². The predicted molar refractivity (Wildman–Crippen MR) is 188 cm³/mol. The Morgan fingerprint density at radius 3 is 1.13 bits per heavy atom. The van der Waals surface area contributed by atoms with Crippen LogP contribution in [0.25, 0.3) is 0 Å². The second-order valence-electron chi connectivity index (χ2n) is 18.7. The zero-order valence-corrected chi connectivity index (χ0v) is 30.6. The van der Waals surface area contributed by atoms with E-state index in [9.17, 15) is 9.59 Å². The van der Waals surface area contributed by atoms with Crippen molar-refractivity contribution in [2.75, 3.05) is 0 Å². The Morgan fingerprint density at radius 2 is 0.787 bits per heavy atom. The Balaban J connectivity index is 0.857. The number of rotatable bonds is 7. The van der Waals surface area contributed by atoms with E-state index in [-0.39, 0.29) is 36.0 Å². The van der Waals surface area contributed by atoms with Gasteiger partial charge in [0.1, 0.15) is 12.2 Å². The molecule has 266 valence electrons. The highest BCUT2D eigenvalue weighted by atomic mass is 16.5. The first kappa shape index (κ1) is 34.4. The van der Waals surface area contributed by atoms with Crippen LogP contribution in [-0.2, 0) is 19.1 Å². The van der Waals surface area contributed by atoms with Gasteiger partial charge in [-0.15, -0.1) is 0 Å². The minimum Gasteiger partial charge on any atom is -0.462 e. The van der Waals surface area contributed by atoms with Gasteiger partial charge in [-0.2, -0.15) is 0 Å². The van der Waals surface area contributed by atoms with Crippen LogP contribution in [0.5, 0.6) is 0 Å². The third-order valence-corrected chi connectivity index (χ3v) is 16.2. The maximum Gasteiger partial charge on any atom is 0.309 e. The molecule has 0 N–H and O–H groups in total. The third-order valence-electron chi connectivity index (χ3n) is 16.2. The first-order chi connectivity index (χ1) is 22.9. The van der Waals surface area contributed by atoms with Crippen molar-refractivity contribution < 1.29 is 19.1 Å². The minimum atomic E-state index is 0.122. The molecule has 7 fully saturated rings. The zero-order chi connectivity index (χ0) is 32.5. The average Bonchev–Trinajstić information content (AvgIpc) is 3.41. The van der Waals surface area contributed by atoms with E-state index in [0.29, 0.717) is 17.8 Å². The zero-order valence-electron chi connectivity index (χ0n) is 30.6. The van der Waals surface area contributed by atoms with E-state index in [2.05, 4.69) is 20.8 Å². The molecule has 0 aromatic heterocycles. The van der Waals surface area contributed by atoms with Gasteiger partial charge in [0.25, 0.3) is 0 Å². The summed E-state index contributed by atoms with van der Waals surface area (Å²) in [5, 5.41) is 0. The number of carbonyl (C=O) groups is 2. The number of hydrogen-bond donors (Lipinski definition) is 0. The molecule has 7 aliphatic rings. The van der Waals surface area contributed by atoms with Gasteiger partial charge in [0, 0.05) is 0 Å². The summed E-state index contributed by atoms with van der Waals surface area (Å²) in [6, 6.07) is 0. The lowest BCUT2D eigenvalue weighted by atomic mass is 9.69. The van der Waals surface area contributed by atoms with Crippen LogP contribution in [-0.4, -0.2) is 24.1 Å². The molecule has 4 nitrogen and oxygen atoms in total. The van der Waals surface area contributed by atoms with Crippen LogP contribution in [0.4, 0.5) is 0 Å². The molecule has 0 aromatic rings. The maximum absolute atomic E-state index is 13.4. The highest BCUT2D eigenvalue weighted by Crippen LogP contribution is 2.59. The molecule has 0 heterocycles. The lowest BCUT2D eigenvalue weighted by molar-refractivity contribution is -0.160. The van der Waals surface area contributed by atoms with Gasteiger partial charge in [0.05, 0.1) is 11.8 Å². The molecule has 0 aliphatic heterocycles. The average molecular weight is 651 g/mol. The monoisotopic (exact) mass is 651 g/mol. The molecule has 0 aromatic carbocycles. The summed E-state index contributed by atoms with van der Waals surface area (Å²) in [6.45, 7) is 7.21. The van der Waals surface area contributed by atoms with Gasteiger partial charge in [0.15, 0.2) is 0 Å². The fourth-order valence-corrected chi connectivity index (χ4v) is 13.3. The molecule has 0 saturated heterocycles. The SMILES string of the molecule is CCC1C2CC(OC(=O)C3CCC(C4CCC(C)CC4)CC3)CCC2C2CCC(OC(=O)C3CCC(C4CCC(C)CC4)CC3)CC12. The topological polar surface area (TPSA) is 52.6 Å². The summed E-state index contributed by atoms with van der Waals surface area (Å²) in [5.41, 5.74) is 0. The second-order valence-corrected chi connectivity index (χ2v) is 18.7. The van der Waals surface area contributed by atoms with Gasteiger partial charge in [-0.3, -0.25) is 9.59 Å². The van der Waals surface area contributed by atoms with Crippen molar-refractivity contribution in [2.45, 2.75) is 181 Å². The van der Waals surface area contributed by atoms with Crippen LogP contribution in [0.3, 0.4) is 0 Å². The Hall–Kier alpha value is -1.06. The number of esters is 2. The van der Waals surface area contributed by atoms with Crippen LogP contribution in [0.1, 0.15) is 168 Å². The van der Waals surface area contributed by atoms with E-state index in [1.165, 1.54) is 96.3 Å². The van der Waals surface area contributed by atoms with E-state index < -0.39 is 0 Å². The Bertz CT molecular complexity index is 942. The van der Waals surface area contributed by atoms with Gasteiger partial charge in [-0.25, -0.2) is 0 Å². The van der Waals surface area contributed by atoms with Gasteiger partial charge >= 0.3 is 11.9 Å². The van der Waals surface area contributed by atoms with Crippen molar-refractivity contribution in [1.29, 1.82) is 0 Å². The van der Waals surface area contributed by atoms with Crippen LogP contribution in [0.15, 0.2) is 0 Å². The molecule has 7 saturated carbocycles. The fourth-order valence-electron chi connectivity index (χ4n) is 13.3. The van der Waals surface area contributed by atoms with E-state index in [1.54, 1.807) is 0 Å². The van der Waals surface area contributed by atoms with E-state index in [4.69, 9.17) is 9.47 Å². The minimum absolute atomic E-state index is 0.122. The number of hydrogen-bond acceptors (Lipinski definition) is 4. The number of ether oxygens (including phenoxy) is 2. The van der Waals surface area contributed by atoms with Crippen molar-refractivity contribution in [3.63, 3.8) is 0 Å². The molecule has 6 atom stereocenters. The molecule has 7 aliphatic carbocycles. The molecule has 0 spiro atoms. The van der Waals surface area contributed by atoms with Crippen LogP contribution in [0.2, 0.25) is 0 Å². The fraction of sp³-hybridized carbons (Fsp3) is 0.953. The summed E-state index contributed by atoms with van der Waals surface area (Å²) < 4.78 is 12.7. The Kier molecular flexibility index (Phi) is 11.3. The molecule has 0 bridgehead atoms. The molecule has 0 radical (unpaired) electrons. The second kappa shape index (κ2) is 15.4. The van der Waals surface area contributed by atoms with Crippen molar-refractivity contribution in [1.82, 2.24) is 0 Å². The quantitative estimate of drug-likeness (QED) is 0.257. The van der Waals surface area contributed by atoms with Crippen molar-refractivity contribution in [3.8, 4) is 0 Å². The summed E-state index contributed by atoms with van der Waals surface area (Å²) >= 11 is 0. The normalized spacial score (nSPS) is 47.3. The first-order valence-corrected chi connectivity index (χ1v) is 21.3.